The molecule has 0 N–H and O–H groups in total. The van der Waals surface area contributed by atoms with Crippen molar-refractivity contribution in [1.82, 2.24) is 9.80 Å². The first-order valence-electron chi connectivity index (χ1n) is 5.42. The second-order valence-electron chi connectivity index (χ2n) is 5.29. The Morgan fingerprint density at radius 3 is 2.08 bits per heavy atom. The Hall–Kier alpha value is -0.0800. The standard InChI is InChI=1S/C11H24N2/c1-6-12-7-8-13(10(12)2)9-11(3,4)5/h10H,6-9H2,1-5H3. The Balaban J connectivity index is 2.46. The van der Waals surface area contributed by atoms with Gasteiger partial charge in [0.2, 0.25) is 0 Å². The summed E-state index contributed by atoms with van der Waals surface area (Å²) in [4.78, 5) is 5.12. The fraction of sp³-hybridized carbons (Fsp3) is 1.00. The lowest BCUT2D eigenvalue weighted by atomic mass is 9.96. The minimum absolute atomic E-state index is 0.429. The fourth-order valence-electron chi connectivity index (χ4n) is 2.10. The first-order valence-corrected chi connectivity index (χ1v) is 5.42. The quantitative estimate of drug-likeness (QED) is 0.648. The van der Waals surface area contributed by atoms with Crippen molar-refractivity contribution in [3.63, 3.8) is 0 Å². The van der Waals surface area contributed by atoms with Crippen LogP contribution in [0.1, 0.15) is 34.6 Å². The lowest BCUT2D eigenvalue weighted by molar-refractivity contribution is 0.121. The highest BCUT2D eigenvalue weighted by atomic mass is 15.4. The maximum atomic E-state index is 2.59. The zero-order chi connectivity index (χ0) is 10.1. The maximum Gasteiger partial charge on any atom is 0.0594 e. The van der Waals surface area contributed by atoms with Crippen molar-refractivity contribution < 1.29 is 0 Å². The van der Waals surface area contributed by atoms with Crippen LogP contribution >= 0.6 is 0 Å². The average Bonchev–Trinajstić information content (AvgIpc) is 2.30. The summed E-state index contributed by atoms with van der Waals surface area (Å²) >= 11 is 0. The summed E-state index contributed by atoms with van der Waals surface area (Å²) < 4.78 is 0. The van der Waals surface area contributed by atoms with E-state index in [0.29, 0.717) is 11.6 Å². The SMILES string of the molecule is CCN1CCN(CC(C)(C)C)C1C. The molecule has 13 heavy (non-hydrogen) atoms. The predicted octanol–water partition coefficient (Wildman–Crippen LogP) is 2.02. The summed E-state index contributed by atoms with van der Waals surface area (Å²) in [5.74, 6) is 0. The summed E-state index contributed by atoms with van der Waals surface area (Å²) in [6.45, 7) is 16.4. The van der Waals surface area contributed by atoms with Crippen LogP contribution in [0.2, 0.25) is 0 Å². The molecule has 0 bridgehead atoms. The Morgan fingerprint density at radius 2 is 1.69 bits per heavy atom. The van der Waals surface area contributed by atoms with Crippen molar-refractivity contribution in [2.24, 2.45) is 5.41 Å². The van der Waals surface area contributed by atoms with E-state index >= 15 is 0 Å². The van der Waals surface area contributed by atoms with E-state index in [1.54, 1.807) is 0 Å². The van der Waals surface area contributed by atoms with Gasteiger partial charge in [0, 0.05) is 19.6 Å². The Kier molecular flexibility index (Phi) is 3.36. The molecule has 0 aromatic carbocycles. The second kappa shape index (κ2) is 3.97. The molecule has 0 spiro atoms. The van der Waals surface area contributed by atoms with E-state index < -0.39 is 0 Å². The van der Waals surface area contributed by atoms with Crippen molar-refractivity contribution in [2.75, 3.05) is 26.2 Å². The highest BCUT2D eigenvalue weighted by Crippen LogP contribution is 2.21. The van der Waals surface area contributed by atoms with E-state index in [-0.39, 0.29) is 0 Å². The molecule has 1 unspecified atom stereocenters. The number of nitrogens with zero attached hydrogens (tertiary/aromatic N) is 2. The fourth-order valence-corrected chi connectivity index (χ4v) is 2.10. The van der Waals surface area contributed by atoms with Gasteiger partial charge in [-0.1, -0.05) is 27.7 Å². The second-order valence-corrected chi connectivity index (χ2v) is 5.29. The largest absolute Gasteiger partial charge is 0.287 e. The first-order chi connectivity index (χ1) is 5.94. The van der Waals surface area contributed by atoms with Gasteiger partial charge >= 0.3 is 0 Å². The van der Waals surface area contributed by atoms with Crippen LogP contribution in [-0.2, 0) is 0 Å². The summed E-state index contributed by atoms with van der Waals surface area (Å²) in [6, 6.07) is 0. The molecule has 0 amide bonds. The third kappa shape index (κ3) is 2.96. The molecule has 1 aliphatic rings. The zero-order valence-electron chi connectivity index (χ0n) is 9.80. The smallest absolute Gasteiger partial charge is 0.0594 e. The number of rotatable bonds is 2. The van der Waals surface area contributed by atoms with Gasteiger partial charge in [-0.05, 0) is 18.9 Å². The van der Waals surface area contributed by atoms with Gasteiger partial charge in [-0.3, -0.25) is 9.80 Å². The normalized spacial score (nSPS) is 27.0. The molecule has 78 valence electrons. The van der Waals surface area contributed by atoms with Crippen LogP contribution in [0.5, 0.6) is 0 Å². The molecule has 0 saturated carbocycles. The van der Waals surface area contributed by atoms with Gasteiger partial charge in [0.15, 0.2) is 0 Å². The van der Waals surface area contributed by atoms with E-state index in [1.165, 1.54) is 26.2 Å². The maximum absolute atomic E-state index is 2.59. The lowest BCUT2D eigenvalue weighted by Crippen LogP contribution is -2.40. The van der Waals surface area contributed by atoms with Gasteiger partial charge in [0.05, 0.1) is 6.17 Å². The summed E-state index contributed by atoms with van der Waals surface area (Å²) in [5.41, 5.74) is 0.429. The molecule has 1 aliphatic heterocycles. The van der Waals surface area contributed by atoms with Crippen LogP contribution in [0.25, 0.3) is 0 Å². The van der Waals surface area contributed by atoms with Crippen molar-refractivity contribution in [1.29, 1.82) is 0 Å². The molecular formula is C11H24N2. The summed E-state index contributed by atoms with van der Waals surface area (Å²) in [5, 5.41) is 0. The zero-order valence-corrected chi connectivity index (χ0v) is 9.80. The van der Waals surface area contributed by atoms with Crippen molar-refractivity contribution in [3.05, 3.63) is 0 Å². The molecule has 0 aliphatic carbocycles. The van der Waals surface area contributed by atoms with E-state index in [4.69, 9.17) is 0 Å². The lowest BCUT2D eigenvalue weighted by Gasteiger charge is -2.31. The highest BCUT2D eigenvalue weighted by molar-refractivity contribution is 4.81. The van der Waals surface area contributed by atoms with E-state index in [0.717, 1.165) is 0 Å². The molecule has 1 rings (SSSR count). The molecule has 0 aromatic heterocycles. The van der Waals surface area contributed by atoms with Crippen molar-refractivity contribution in [2.45, 2.75) is 40.8 Å². The monoisotopic (exact) mass is 184 g/mol. The predicted molar refractivity (Wildman–Crippen MR) is 57.7 cm³/mol. The van der Waals surface area contributed by atoms with Crippen LogP contribution < -0.4 is 0 Å². The molecule has 1 atom stereocenters. The molecule has 1 saturated heterocycles. The Labute approximate surface area is 82.9 Å². The third-order valence-electron chi connectivity index (χ3n) is 2.81. The van der Waals surface area contributed by atoms with Gasteiger partial charge < -0.3 is 0 Å². The average molecular weight is 184 g/mol. The summed E-state index contributed by atoms with van der Waals surface area (Å²) in [7, 11) is 0. The molecular weight excluding hydrogens is 160 g/mol. The molecule has 1 fully saturated rings. The minimum atomic E-state index is 0.429. The molecule has 2 nitrogen and oxygen atoms in total. The van der Waals surface area contributed by atoms with Crippen LogP contribution in [-0.4, -0.2) is 42.1 Å². The molecule has 0 radical (unpaired) electrons. The number of hydrogen-bond donors (Lipinski definition) is 0. The van der Waals surface area contributed by atoms with E-state index in [9.17, 15) is 0 Å². The minimum Gasteiger partial charge on any atom is -0.287 e. The van der Waals surface area contributed by atoms with Gasteiger partial charge in [-0.15, -0.1) is 0 Å². The first kappa shape index (κ1) is 11.0. The van der Waals surface area contributed by atoms with Gasteiger partial charge in [-0.2, -0.15) is 0 Å². The Bertz CT molecular complexity index is 160. The molecule has 1 heterocycles. The number of hydrogen-bond acceptors (Lipinski definition) is 2. The van der Waals surface area contributed by atoms with Crippen LogP contribution in [0.15, 0.2) is 0 Å². The van der Waals surface area contributed by atoms with Crippen LogP contribution in [0.3, 0.4) is 0 Å². The summed E-state index contributed by atoms with van der Waals surface area (Å²) in [6.07, 6.45) is 0.643. The van der Waals surface area contributed by atoms with Gasteiger partial charge in [0.25, 0.3) is 0 Å². The van der Waals surface area contributed by atoms with Gasteiger partial charge in [0.1, 0.15) is 0 Å². The van der Waals surface area contributed by atoms with E-state index in [1.807, 2.05) is 0 Å². The number of likely N-dealkylation sites (N-methyl/N-ethyl adjacent to an activating group) is 1. The van der Waals surface area contributed by atoms with Crippen molar-refractivity contribution in [3.8, 4) is 0 Å². The van der Waals surface area contributed by atoms with Gasteiger partial charge in [-0.25, -0.2) is 0 Å². The highest BCUT2D eigenvalue weighted by Gasteiger charge is 2.29. The molecule has 0 aromatic rings. The van der Waals surface area contributed by atoms with Crippen LogP contribution in [0, 0.1) is 5.41 Å². The Morgan fingerprint density at radius 1 is 1.15 bits per heavy atom. The van der Waals surface area contributed by atoms with Crippen LogP contribution in [0.4, 0.5) is 0 Å². The van der Waals surface area contributed by atoms with Crippen molar-refractivity contribution >= 4 is 0 Å². The molecule has 2 heteroatoms. The third-order valence-corrected chi connectivity index (χ3v) is 2.81. The van der Waals surface area contributed by atoms with E-state index in [2.05, 4.69) is 44.4 Å². The topological polar surface area (TPSA) is 6.48 Å².